The molecule has 0 unspecified atom stereocenters. The Balaban J connectivity index is 2.49. The summed E-state index contributed by atoms with van der Waals surface area (Å²) in [7, 11) is 0. The summed E-state index contributed by atoms with van der Waals surface area (Å²) >= 11 is 15.3. The van der Waals surface area contributed by atoms with Gasteiger partial charge in [0, 0.05) is 0 Å². The molecular formula is C14H8BrCl2FN2. The second-order valence-corrected chi connectivity index (χ2v) is 5.66. The third kappa shape index (κ3) is 2.76. The molecular weight excluding hydrogens is 366 g/mol. The number of benzene rings is 2. The number of aryl methyl sites for hydroxylation is 1. The molecule has 2 nitrogen and oxygen atoms in total. The predicted molar refractivity (Wildman–Crippen MR) is 83.3 cm³/mol. The topological polar surface area (TPSA) is 35.8 Å². The van der Waals surface area contributed by atoms with E-state index in [1.165, 1.54) is 12.1 Å². The lowest BCUT2D eigenvalue weighted by molar-refractivity contribution is 0.624. The first kappa shape index (κ1) is 15.1. The SMILES string of the molecule is Cc1ccc(Cl)c(Nc2ccc(C#N)c(Br)c2F)c1Cl. The van der Waals surface area contributed by atoms with E-state index >= 15 is 0 Å². The van der Waals surface area contributed by atoms with E-state index in [1.807, 2.05) is 13.0 Å². The molecule has 0 fully saturated rings. The van der Waals surface area contributed by atoms with Gasteiger partial charge in [-0.15, -0.1) is 0 Å². The number of nitriles is 1. The number of rotatable bonds is 2. The Morgan fingerprint density at radius 3 is 2.60 bits per heavy atom. The molecule has 0 aliphatic rings. The van der Waals surface area contributed by atoms with Crippen molar-refractivity contribution in [1.29, 1.82) is 5.26 Å². The first-order valence-electron chi connectivity index (χ1n) is 5.55. The molecule has 6 heteroatoms. The lowest BCUT2D eigenvalue weighted by atomic mass is 10.2. The highest BCUT2D eigenvalue weighted by Gasteiger charge is 2.14. The molecule has 0 aromatic heterocycles. The molecule has 102 valence electrons. The van der Waals surface area contributed by atoms with Gasteiger partial charge in [-0.25, -0.2) is 4.39 Å². The number of hydrogen-bond donors (Lipinski definition) is 1. The highest BCUT2D eigenvalue weighted by Crippen LogP contribution is 2.37. The van der Waals surface area contributed by atoms with E-state index in [0.29, 0.717) is 15.7 Å². The normalized spacial score (nSPS) is 10.2. The standard InChI is InChI=1S/C14H8BrCl2FN2/c1-7-2-4-9(16)14(12(7)17)20-10-5-3-8(6-19)11(15)13(10)18/h2-5,20H,1H3. The van der Waals surface area contributed by atoms with Gasteiger partial charge in [-0.2, -0.15) is 5.26 Å². The molecule has 0 aliphatic carbocycles. The molecule has 20 heavy (non-hydrogen) atoms. The fourth-order valence-corrected chi connectivity index (χ4v) is 2.54. The van der Waals surface area contributed by atoms with Gasteiger partial charge in [0.25, 0.3) is 0 Å². The Morgan fingerprint density at radius 1 is 1.25 bits per heavy atom. The second kappa shape index (κ2) is 6.01. The van der Waals surface area contributed by atoms with Gasteiger partial charge >= 0.3 is 0 Å². The van der Waals surface area contributed by atoms with Crippen molar-refractivity contribution in [2.24, 2.45) is 0 Å². The molecule has 0 heterocycles. The van der Waals surface area contributed by atoms with Crippen LogP contribution in [-0.4, -0.2) is 0 Å². The predicted octanol–water partition coefficient (Wildman–Crippen LogP) is 5.82. The maximum absolute atomic E-state index is 14.2. The fraction of sp³-hybridized carbons (Fsp3) is 0.0714. The number of nitrogens with zero attached hydrogens (tertiary/aromatic N) is 1. The van der Waals surface area contributed by atoms with E-state index in [9.17, 15) is 4.39 Å². The van der Waals surface area contributed by atoms with Crippen LogP contribution in [0.1, 0.15) is 11.1 Å². The molecule has 0 atom stereocenters. The van der Waals surface area contributed by atoms with E-state index in [4.69, 9.17) is 28.5 Å². The van der Waals surface area contributed by atoms with Crippen molar-refractivity contribution in [1.82, 2.24) is 0 Å². The molecule has 2 aromatic carbocycles. The van der Waals surface area contributed by atoms with Gasteiger partial charge in [0.2, 0.25) is 0 Å². The molecule has 2 aromatic rings. The van der Waals surface area contributed by atoms with Gasteiger partial charge in [-0.3, -0.25) is 0 Å². The summed E-state index contributed by atoms with van der Waals surface area (Å²) in [4.78, 5) is 0. The van der Waals surface area contributed by atoms with Crippen molar-refractivity contribution in [3.8, 4) is 6.07 Å². The zero-order chi connectivity index (χ0) is 14.9. The van der Waals surface area contributed by atoms with Crippen LogP contribution in [0.5, 0.6) is 0 Å². The molecule has 0 spiro atoms. The van der Waals surface area contributed by atoms with Crippen LogP contribution in [0.15, 0.2) is 28.7 Å². The Hall–Kier alpha value is -1.28. The van der Waals surface area contributed by atoms with Gasteiger partial charge in [0.05, 0.1) is 31.5 Å². The van der Waals surface area contributed by atoms with E-state index in [2.05, 4.69) is 21.2 Å². The number of nitrogens with one attached hydrogen (secondary N) is 1. The van der Waals surface area contributed by atoms with Crippen molar-refractivity contribution >= 4 is 50.5 Å². The molecule has 0 amide bonds. The Labute approximate surface area is 134 Å². The quantitative estimate of drug-likeness (QED) is 0.719. The summed E-state index contributed by atoms with van der Waals surface area (Å²) in [5.74, 6) is -0.572. The monoisotopic (exact) mass is 372 g/mol. The van der Waals surface area contributed by atoms with Crippen LogP contribution >= 0.6 is 39.1 Å². The number of hydrogen-bond acceptors (Lipinski definition) is 2. The van der Waals surface area contributed by atoms with Gasteiger partial charge in [-0.1, -0.05) is 29.3 Å². The fourth-order valence-electron chi connectivity index (χ4n) is 1.64. The maximum atomic E-state index is 14.2. The molecule has 0 saturated carbocycles. The van der Waals surface area contributed by atoms with Crippen molar-refractivity contribution < 1.29 is 4.39 Å². The number of anilines is 2. The highest BCUT2D eigenvalue weighted by atomic mass is 79.9. The Morgan fingerprint density at radius 2 is 1.95 bits per heavy atom. The van der Waals surface area contributed by atoms with Gasteiger partial charge in [-0.05, 0) is 46.6 Å². The summed E-state index contributed by atoms with van der Waals surface area (Å²) in [5.41, 5.74) is 1.66. The molecule has 2 rings (SSSR count). The molecule has 1 N–H and O–H groups in total. The van der Waals surface area contributed by atoms with Crippen LogP contribution in [0.3, 0.4) is 0 Å². The second-order valence-electron chi connectivity index (χ2n) is 4.08. The average Bonchev–Trinajstić information content (AvgIpc) is 2.44. The molecule has 0 radical (unpaired) electrons. The van der Waals surface area contributed by atoms with Gasteiger partial charge in [0.15, 0.2) is 5.82 Å². The average molecular weight is 374 g/mol. The smallest absolute Gasteiger partial charge is 0.162 e. The van der Waals surface area contributed by atoms with E-state index in [1.54, 1.807) is 12.1 Å². The van der Waals surface area contributed by atoms with E-state index in [0.717, 1.165) is 5.56 Å². The van der Waals surface area contributed by atoms with Crippen LogP contribution in [0, 0.1) is 24.1 Å². The van der Waals surface area contributed by atoms with E-state index in [-0.39, 0.29) is 15.7 Å². The lowest BCUT2D eigenvalue weighted by Crippen LogP contribution is -1.98. The van der Waals surface area contributed by atoms with Crippen molar-refractivity contribution in [3.05, 3.63) is 55.7 Å². The van der Waals surface area contributed by atoms with Crippen molar-refractivity contribution in [3.63, 3.8) is 0 Å². The highest BCUT2D eigenvalue weighted by molar-refractivity contribution is 9.10. The third-order valence-corrected chi connectivity index (χ3v) is 4.32. The van der Waals surface area contributed by atoms with Crippen molar-refractivity contribution in [2.75, 3.05) is 5.32 Å². The summed E-state index contributed by atoms with van der Waals surface area (Å²) in [5, 5.41) is 12.5. The zero-order valence-corrected chi connectivity index (χ0v) is 13.4. The number of halogens is 4. The zero-order valence-electron chi connectivity index (χ0n) is 10.3. The van der Waals surface area contributed by atoms with Crippen LogP contribution in [0.4, 0.5) is 15.8 Å². The summed E-state index contributed by atoms with van der Waals surface area (Å²) < 4.78 is 14.3. The largest absolute Gasteiger partial charge is 0.351 e. The summed E-state index contributed by atoms with van der Waals surface area (Å²) in [6.45, 7) is 1.83. The van der Waals surface area contributed by atoms with E-state index < -0.39 is 5.82 Å². The minimum Gasteiger partial charge on any atom is -0.351 e. The third-order valence-electron chi connectivity index (χ3n) is 2.75. The molecule has 0 saturated heterocycles. The first-order valence-corrected chi connectivity index (χ1v) is 7.10. The van der Waals surface area contributed by atoms with Crippen LogP contribution in [0.25, 0.3) is 0 Å². The Kier molecular flexibility index (Phi) is 4.54. The lowest BCUT2D eigenvalue weighted by Gasteiger charge is -2.13. The minimum atomic E-state index is -0.572. The molecule has 0 aliphatic heterocycles. The van der Waals surface area contributed by atoms with Gasteiger partial charge < -0.3 is 5.32 Å². The van der Waals surface area contributed by atoms with Gasteiger partial charge in [0.1, 0.15) is 6.07 Å². The van der Waals surface area contributed by atoms with Crippen molar-refractivity contribution in [2.45, 2.75) is 6.92 Å². The van der Waals surface area contributed by atoms with Crippen LogP contribution in [-0.2, 0) is 0 Å². The summed E-state index contributed by atoms with van der Waals surface area (Å²) in [6, 6.07) is 8.33. The van der Waals surface area contributed by atoms with Crippen LogP contribution < -0.4 is 5.32 Å². The maximum Gasteiger partial charge on any atom is 0.162 e. The minimum absolute atomic E-state index is 0.102. The molecule has 0 bridgehead atoms. The van der Waals surface area contributed by atoms with Crippen LogP contribution in [0.2, 0.25) is 10.0 Å². The first-order chi connectivity index (χ1) is 9.45. The Bertz CT molecular complexity index is 726. The summed E-state index contributed by atoms with van der Waals surface area (Å²) in [6.07, 6.45) is 0.